The first-order valence-corrected chi connectivity index (χ1v) is 10.1. The molecule has 0 spiro atoms. The van der Waals surface area contributed by atoms with Crippen LogP contribution in [0.5, 0.6) is 0 Å². The van der Waals surface area contributed by atoms with E-state index in [0.29, 0.717) is 11.3 Å². The van der Waals surface area contributed by atoms with Crippen molar-refractivity contribution in [1.82, 2.24) is 30.1 Å². The highest BCUT2D eigenvalue weighted by molar-refractivity contribution is 6.33. The van der Waals surface area contributed by atoms with E-state index in [1.807, 2.05) is 0 Å². The summed E-state index contributed by atoms with van der Waals surface area (Å²) in [5.41, 5.74) is 0.716. The number of alkyl halides is 3. The molecule has 11 heteroatoms. The lowest BCUT2D eigenvalue weighted by atomic mass is 9.96. The van der Waals surface area contributed by atoms with Crippen LogP contribution in [0.25, 0.3) is 22.3 Å². The maximum atomic E-state index is 13.1. The van der Waals surface area contributed by atoms with Gasteiger partial charge in [-0.2, -0.15) is 18.3 Å². The molecule has 4 aromatic rings. The summed E-state index contributed by atoms with van der Waals surface area (Å²) in [6.45, 7) is 1.53. The topological polar surface area (TPSA) is 86.4 Å². The first-order valence-electron chi connectivity index (χ1n) is 9.71. The zero-order valence-corrected chi connectivity index (χ0v) is 16.9. The summed E-state index contributed by atoms with van der Waals surface area (Å²) in [7, 11) is 0. The molecule has 1 aliphatic rings. The van der Waals surface area contributed by atoms with Gasteiger partial charge in [-0.05, 0) is 31.0 Å². The molecule has 0 aliphatic carbocycles. The summed E-state index contributed by atoms with van der Waals surface area (Å²) in [6.07, 6.45) is 1.99. The molecule has 0 radical (unpaired) electrons. The zero-order valence-electron chi connectivity index (χ0n) is 16.1. The quantitative estimate of drug-likeness (QED) is 0.471. The van der Waals surface area contributed by atoms with E-state index >= 15 is 0 Å². The molecule has 0 bridgehead atoms. The zero-order chi connectivity index (χ0) is 21.6. The number of hydrogen-bond acceptors (Lipinski definition) is 5. The highest BCUT2D eigenvalue weighted by atomic mass is 35.5. The molecule has 2 N–H and O–H groups in total. The van der Waals surface area contributed by atoms with Gasteiger partial charge in [0.15, 0.2) is 5.65 Å². The molecule has 0 amide bonds. The first-order chi connectivity index (χ1) is 14.9. The van der Waals surface area contributed by atoms with Crippen LogP contribution in [0.15, 0.2) is 36.9 Å². The van der Waals surface area contributed by atoms with Gasteiger partial charge in [-0.25, -0.2) is 15.0 Å². The van der Waals surface area contributed by atoms with E-state index in [0.717, 1.165) is 55.1 Å². The number of nitrogens with zero attached hydrogens (tertiary/aromatic N) is 5. The van der Waals surface area contributed by atoms with Gasteiger partial charge in [-0.3, -0.25) is 5.10 Å². The van der Waals surface area contributed by atoms with Crippen molar-refractivity contribution in [1.29, 1.82) is 0 Å². The number of aromatic amines is 2. The second-order valence-corrected chi connectivity index (χ2v) is 7.87. The van der Waals surface area contributed by atoms with E-state index in [4.69, 9.17) is 11.6 Å². The second-order valence-electron chi connectivity index (χ2n) is 7.47. The van der Waals surface area contributed by atoms with E-state index in [2.05, 4.69) is 35.0 Å². The Hall–Kier alpha value is -3.14. The molecule has 7 nitrogen and oxygen atoms in total. The molecule has 31 heavy (non-hydrogen) atoms. The molecular formula is C20H17ClF3N7. The van der Waals surface area contributed by atoms with E-state index in [1.165, 1.54) is 12.4 Å². The fraction of sp³-hybridized carbons (Fsp3) is 0.300. The minimum Gasteiger partial charge on any atom is -0.356 e. The highest BCUT2D eigenvalue weighted by Crippen LogP contribution is 2.36. The molecule has 1 aliphatic heterocycles. The van der Waals surface area contributed by atoms with E-state index in [9.17, 15) is 13.2 Å². The van der Waals surface area contributed by atoms with Crippen LogP contribution in [0.4, 0.5) is 19.0 Å². The van der Waals surface area contributed by atoms with Crippen LogP contribution >= 0.6 is 11.6 Å². The minimum absolute atomic E-state index is 0.163. The van der Waals surface area contributed by atoms with Gasteiger partial charge in [0.2, 0.25) is 0 Å². The Morgan fingerprint density at radius 1 is 1.06 bits per heavy atom. The number of piperidine rings is 1. The van der Waals surface area contributed by atoms with Crippen LogP contribution in [-0.2, 0) is 6.18 Å². The van der Waals surface area contributed by atoms with Gasteiger partial charge in [0.25, 0.3) is 0 Å². The normalized spacial score (nSPS) is 15.7. The molecule has 1 aromatic carbocycles. The van der Waals surface area contributed by atoms with Crippen molar-refractivity contribution in [3.63, 3.8) is 0 Å². The molecule has 1 saturated heterocycles. The lowest BCUT2D eigenvalue weighted by Gasteiger charge is -2.32. The highest BCUT2D eigenvalue weighted by Gasteiger charge is 2.31. The molecule has 1 fully saturated rings. The summed E-state index contributed by atoms with van der Waals surface area (Å²) in [4.78, 5) is 18.4. The lowest BCUT2D eigenvalue weighted by Crippen LogP contribution is -2.33. The summed E-state index contributed by atoms with van der Waals surface area (Å²) in [6, 6.07) is 3.29. The summed E-state index contributed by atoms with van der Waals surface area (Å²) >= 11 is 6.16. The molecule has 3 aromatic heterocycles. The SMILES string of the molecule is FC(F)(F)c1ccc(Cl)c(-c2cnc(C3CCN(c4ncnc5[nH]ncc45)CC3)[nH]2)c1. The standard InChI is InChI=1S/C20H17ClF3N7/c21-15-2-1-12(20(22,23)24)7-13(15)16-9-25-17(29-16)11-3-5-31(6-4-11)19-14-8-28-30-18(14)26-10-27-19/h1-2,7-11H,3-6H2,(H,25,29)(H,26,27,28,30). The number of anilines is 1. The number of aromatic nitrogens is 6. The molecule has 0 saturated carbocycles. The van der Waals surface area contributed by atoms with Gasteiger partial charge < -0.3 is 9.88 Å². The van der Waals surface area contributed by atoms with Crippen LogP contribution in [0, 0.1) is 0 Å². The van der Waals surface area contributed by atoms with Crippen molar-refractivity contribution in [2.75, 3.05) is 18.0 Å². The lowest BCUT2D eigenvalue weighted by molar-refractivity contribution is -0.137. The Balaban J connectivity index is 1.33. The van der Waals surface area contributed by atoms with Gasteiger partial charge in [-0.15, -0.1) is 0 Å². The molecule has 4 heterocycles. The van der Waals surface area contributed by atoms with Crippen molar-refractivity contribution in [3.05, 3.63) is 53.3 Å². The van der Waals surface area contributed by atoms with Crippen LogP contribution < -0.4 is 4.90 Å². The predicted molar refractivity (Wildman–Crippen MR) is 110 cm³/mol. The minimum atomic E-state index is -4.43. The van der Waals surface area contributed by atoms with Gasteiger partial charge in [0.05, 0.1) is 29.0 Å². The van der Waals surface area contributed by atoms with Gasteiger partial charge >= 0.3 is 6.18 Å². The van der Waals surface area contributed by atoms with E-state index < -0.39 is 11.7 Å². The van der Waals surface area contributed by atoms with E-state index in [-0.39, 0.29) is 16.5 Å². The fourth-order valence-corrected chi connectivity index (χ4v) is 4.18. The van der Waals surface area contributed by atoms with Crippen molar-refractivity contribution >= 4 is 28.5 Å². The smallest absolute Gasteiger partial charge is 0.356 e. The Labute approximate surface area is 179 Å². The number of rotatable bonds is 3. The number of hydrogen-bond donors (Lipinski definition) is 2. The first kappa shape index (κ1) is 19.8. The largest absolute Gasteiger partial charge is 0.416 e. The summed E-state index contributed by atoms with van der Waals surface area (Å²) in [5.74, 6) is 1.75. The Morgan fingerprint density at radius 3 is 2.65 bits per heavy atom. The average molecular weight is 448 g/mol. The van der Waals surface area contributed by atoms with Crippen LogP contribution in [0.1, 0.15) is 30.1 Å². The van der Waals surface area contributed by atoms with Crippen LogP contribution in [0.2, 0.25) is 5.02 Å². The molecule has 0 atom stereocenters. The third kappa shape index (κ3) is 3.71. The Bertz CT molecular complexity index is 1220. The van der Waals surface area contributed by atoms with Crippen molar-refractivity contribution in [2.24, 2.45) is 0 Å². The Kier molecular flexibility index (Phi) is 4.81. The number of fused-ring (bicyclic) bond motifs is 1. The van der Waals surface area contributed by atoms with Gasteiger partial charge in [0, 0.05) is 29.6 Å². The number of H-pyrrole nitrogens is 2. The third-order valence-electron chi connectivity index (χ3n) is 5.59. The van der Waals surface area contributed by atoms with Gasteiger partial charge in [0.1, 0.15) is 18.0 Å². The number of nitrogens with one attached hydrogen (secondary N) is 2. The maximum absolute atomic E-state index is 13.1. The monoisotopic (exact) mass is 447 g/mol. The second kappa shape index (κ2) is 7.52. The number of benzene rings is 1. The van der Waals surface area contributed by atoms with Crippen molar-refractivity contribution < 1.29 is 13.2 Å². The van der Waals surface area contributed by atoms with Crippen molar-refractivity contribution in [3.8, 4) is 11.3 Å². The summed E-state index contributed by atoms with van der Waals surface area (Å²) in [5, 5.41) is 7.99. The number of imidazole rings is 1. The van der Waals surface area contributed by atoms with Crippen LogP contribution in [-0.4, -0.2) is 43.2 Å². The van der Waals surface area contributed by atoms with Gasteiger partial charge in [-0.1, -0.05) is 11.6 Å². The predicted octanol–water partition coefficient (Wildman–Crippen LogP) is 4.80. The Morgan fingerprint density at radius 2 is 1.87 bits per heavy atom. The molecule has 0 unspecified atom stereocenters. The molecule has 160 valence electrons. The van der Waals surface area contributed by atoms with Crippen molar-refractivity contribution in [2.45, 2.75) is 24.9 Å². The maximum Gasteiger partial charge on any atom is 0.416 e. The van der Waals surface area contributed by atoms with E-state index in [1.54, 1.807) is 12.4 Å². The summed E-state index contributed by atoms with van der Waals surface area (Å²) < 4.78 is 39.2. The molecular weight excluding hydrogens is 431 g/mol. The number of halogens is 4. The third-order valence-corrected chi connectivity index (χ3v) is 5.92. The average Bonchev–Trinajstić information content (AvgIpc) is 3.43. The van der Waals surface area contributed by atoms with Crippen LogP contribution in [0.3, 0.4) is 0 Å². The molecule has 5 rings (SSSR count). The fourth-order valence-electron chi connectivity index (χ4n) is 3.96.